The number of ether oxygens (including phenoxy) is 2. The van der Waals surface area contributed by atoms with Crippen LogP contribution >= 0.6 is 22.9 Å². The fourth-order valence-electron chi connectivity index (χ4n) is 4.10. The number of amides is 1. The van der Waals surface area contributed by atoms with Crippen molar-refractivity contribution in [2.75, 3.05) is 18.2 Å². The van der Waals surface area contributed by atoms with Gasteiger partial charge in [0.05, 0.1) is 22.3 Å². The van der Waals surface area contributed by atoms with E-state index < -0.39 is 32.7 Å². The molecule has 0 radical (unpaired) electrons. The molecular formula is C25H18ClF3N2O5S2. The number of nitrogens with one attached hydrogen (secondary N) is 1. The average Bonchev–Trinajstić information content (AvgIpc) is 3.24. The molecule has 0 aliphatic carbocycles. The fourth-order valence-corrected chi connectivity index (χ4v) is 6.44. The zero-order valence-corrected chi connectivity index (χ0v) is 21.9. The molecule has 1 N–H and O–H groups in total. The molecule has 7 nitrogen and oxygen atoms in total. The first kappa shape index (κ1) is 26.3. The fraction of sp³-hybridized carbons (Fsp3) is 0.200. The van der Waals surface area contributed by atoms with Crippen molar-refractivity contribution in [1.82, 2.24) is 4.98 Å². The van der Waals surface area contributed by atoms with Crippen LogP contribution in [-0.4, -0.2) is 32.2 Å². The third kappa shape index (κ3) is 5.57. The second-order valence-electron chi connectivity index (χ2n) is 8.59. The summed E-state index contributed by atoms with van der Waals surface area (Å²) in [6, 6.07) is 12.1. The molecule has 1 aliphatic rings. The highest BCUT2D eigenvalue weighted by Crippen LogP contribution is 2.41. The van der Waals surface area contributed by atoms with Crippen LogP contribution in [0.5, 0.6) is 17.4 Å². The van der Waals surface area contributed by atoms with Gasteiger partial charge in [-0.25, -0.2) is 13.4 Å². The smallest absolute Gasteiger partial charge is 0.416 e. The van der Waals surface area contributed by atoms with Gasteiger partial charge in [-0.1, -0.05) is 17.7 Å². The standard InChI is InChI=1S/C25H18ClF3N2O5S2/c1-38(33,34)21-5-6-35-18-12-19-13(7-17(18)21)8-20(37-19)24(32)30-15-10-22(26)31-23(11-15)36-16-4-2-3-14(9-16)25(27,28)29/h2-4,7-12,21H,5-6H2,1H3,(H,30,31,32). The lowest BCUT2D eigenvalue weighted by molar-refractivity contribution is -0.137. The van der Waals surface area contributed by atoms with Crippen molar-refractivity contribution in [1.29, 1.82) is 0 Å². The lowest BCUT2D eigenvalue weighted by Gasteiger charge is -2.24. The zero-order chi connectivity index (χ0) is 27.2. The Balaban J connectivity index is 1.39. The molecule has 0 spiro atoms. The number of halogens is 4. The summed E-state index contributed by atoms with van der Waals surface area (Å²) in [5.74, 6) is -0.211. The summed E-state index contributed by atoms with van der Waals surface area (Å²) in [7, 11) is -3.34. The minimum absolute atomic E-state index is 0.0437. The number of carbonyl (C=O) groups is 1. The van der Waals surface area contributed by atoms with Gasteiger partial charge < -0.3 is 14.8 Å². The molecule has 3 heterocycles. The van der Waals surface area contributed by atoms with Crippen LogP contribution in [-0.2, 0) is 16.0 Å². The van der Waals surface area contributed by atoms with E-state index in [0.29, 0.717) is 28.0 Å². The molecule has 198 valence electrons. The predicted octanol–water partition coefficient (Wildman–Crippen LogP) is 6.88. The molecule has 1 unspecified atom stereocenters. The Morgan fingerprint density at radius 3 is 2.71 bits per heavy atom. The van der Waals surface area contributed by atoms with Gasteiger partial charge >= 0.3 is 6.18 Å². The van der Waals surface area contributed by atoms with E-state index in [1.165, 1.54) is 41.9 Å². The van der Waals surface area contributed by atoms with Crippen molar-refractivity contribution in [2.45, 2.75) is 17.8 Å². The maximum absolute atomic E-state index is 13.0. The Kier molecular flexibility index (Phi) is 6.74. The Morgan fingerprint density at radius 1 is 1.18 bits per heavy atom. The maximum atomic E-state index is 13.0. The molecule has 4 aromatic rings. The van der Waals surface area contributed by atoms with Crippen LogP contribution in [0, 0.1) is 0 Å². The number of aromatic nitrogens is 1. The summed E-state index contributed by atoms with van der Waals surface area (Å²) < 4.78 is 75.4. The third-order valence-electron chi connectivity index (χ3n) is 5.79. The molecule has 5 rings (SSSR count). The van der Waals surface area contributed by atoms with Gasteiger partial charge in [0.15, 0.2) is 9.84 Å². The van der Waals surface area contributed by atoms with Gasteiger partial charge in [0.1, 0.15) is 16.7 Å². The van der Waals surface area contributed by atoms with Crippen molar-refractivity contribution >= 4 is 54.5 Å². The first-order chi connectivity index (χ1) is 17.9. The SMILES string of the molecule is CS(=O)(=O)C1CCOc2cc3sc(C(=O)Nc4cc(Cl)nc(Oc5cccc(C(F)(F)F)c5)c4)cc3cc21. The van der Waals surface area contributed by atoms with Crippen LogP contribution in [0.2, 0.25) is 5.15 Å². The second-order valence-corrected chi connectivity index (χ2v) is 12.3. The van der Waals surface area contributed by atoms with Crippen LogP contribution in [0.4, 0.5) is 18.9 Å². The van der Waals surface area contributed by atoms with Gasteiger partial charge in [0.2, 0.25) is 5.88 Å². The van der Waals surface area contributed by atoms with E-state index in [4.69, 9.17) is 21.1 Å². The summed E-state index contributed by atoms with van der Waals surface area (Å²) in [6.45, 7) is 0.280. The Labute approximate surface area is 224 Å². The van der Waals surface area contributed by atoms with Crippen LogP contribution in [0.15, 0.2) is 54.6 Å². The first-order valence-corrected chi connectivity index (χ1v) is 14.2. The van der Waals surface area contributed by atoms with Crippen LogP contribution in [0.1, 0.15) is 32.5 Å². The second kappa shape index (κ2) is 9.75. The number of alkyl halides is 3. The summed E-state index contributed by atoms with van der Waals surface area (Å²) >= 11 is 7.25. The highest BCUT2D eigenvalue weighted by atomic mass is 35.5. The highest BCUT2D eigenvalue weighted by molar-refractivity contribution is 7.90. The van der Waals surface area contributed by atoms with E-state index in [0.717, 1.165) is 16.8 Å². The van der Waals surface area contributed by atoms with Gasteiger partial charge in [-0.2, -0.15) is 13.2 Å². The largest absolute Gasteiger partial charge is 0.493 e. The summed E-state index contributed by atoms with van der Waals surface area (Å²) in [5.41, 5.74) is -0.104. The lowest BCUT2D eigenvalue weighted by Crippen LogP contribution is -2.20. The highest BCUT2D eigenvalue weighted by Gasteiger charge is 2.31. The van der Waals surface area contributed by atoms with Gasteiger partial charge in [-0.15, -0.1) is 11.3 Å². The third-order valence-corrected chi connectivity index (χ3v) is 8.60. The van der Waals surface area contributed by atoms with E-state index in [2.05, 4.69) is 10.3 Å². The average molecular weight is 583 g/mol. The molecular weight excluding hydrogens is 565 g/mol. The number of carbonyl (C=O) groups excluding carboxylic acids is 1. The molecule has 1 amide bonds. The number of anilines is 1. The number of benzene rings is 2. The summed E-state index contributed by atoms with van der Waals surface area (Å²) in [5, 5.41) is 2.66. The summed E-state index contributed by atoms with van der Waals surface area (Å²) in [6.07, 6.45) is -3.00. The predicted molar refractivity (Wildman–Crippen MR) is 138 cm³/mol. The minimum Gasteiger partial charge on any atom is -0.493 e. The van der Waals surface area contributed by atoms with Gasteiger partial charge in [-0.3, -0.25) is 4.79 Å². The van der Waals surface area contributed by atoms with E-state index >= 15 is 0 Å². The van der Waals surface area contributed by atoms with Crippen molar-refractivity contribution in [3.05, 3.63) is 75.8 Å². The molecule has 2 aromatic heterocycles. The Bertz CT molecular complexity index is 1670. The molecule has 0 fully saturated rings. The molecule has 0 saturated carbocycles. The number of pyridine rings is 1. The quantitative estimate of drug-likeness (QED) is 0.258. The van der Waals surface area contributed by atoms with E-state index in [9.17, 15) is 26.4 Å². The molecule has 0 bridgehead atoms. The molecule has 0 saturated heterocycles. The van der Waals surface area contributed by atoms with E-state index in [-0.39, 0.29) is 29.1 Å². The van der Waals surface area contributed by atoms with Gasteiger partial charge in [0, 0.05) is 34.7 Å². The van der Waals surface area contributed by atoms with Gasteiger partial charge in [0.25, 0.3) is 5.91 Å². The van der Waals surface area contributed by atoms with E-state index in [1.54, 1.807) is 18.2 Å². The number of hydrogen-bond donors (Lipinski definition) is 1. The number of sulfone groups is 1. The lowest BCUT2D eigenvalue weighted by atomic mass is 10.0. The molecule has 38 heavy (non-hydrogen) atoms. The maximum Gasteiger partial charge on any atom is 0.416 e. The number of hydrogen-bond acceptors (Lipinski definition) is 7. The van der Waals surface area contributed by atoms with Crippen molar-refractivity contribution in [3.8, 4) is 17.4 Å². The van der Waals surface area contributed by atoms with Crippen molar-refractivity contribution < 1.29 is 35.9 Å². The van der Waals surface area contributed by atoms with Crippen molar-refractivity contribution in [2.24, 2.45) is 0 Å². The Hall–Kier alpha value is -3.35. The normalized spacial score (nSPS) is 15.6. The Morgan fingerprint density at radius 2 is 1.97 bits per heavy atom. The van der Waals surface area contributed by atoms with Crippen LogP contribution in [0.3, 0.4) is 0 Å². The van der Waals surface area contributed by atoms with Crippen LogP contribution in [0.25, 0.3) is 10.1 Å². The first-order valence-electron chi connectivity index (χ1n) is 11.1. The van der Waals surface area contributed by atoms with Crippen LogP contribution < -0.4 is 14.8 Å². The molecule has 1 aliphatic heterocycles. The number of fused-ring (bicyclic) bond motifs is 2. The molecule has 2 aromatic carbocycles. The number of nitrogens with zero attached hydrogens (tertiary/aromatic N) is 1. The number of rotatable bonds is 5. The van der Waals surface area contributed by atoms with Crippen molar-refractivity contribution in [3.63, 3.8) is 0 Å². The van der Waals surface area contributed by atoms with E-state index in [1.807, 2.05) is 0 Å². The zero-order valence-electron chi connectivity index (χ0n) is 19.5. The number of thiophene rings is 1. The monoisotopic (exact) mass is 582 g/mol. The molecule has 1 atom stereocenters. The summed E-state index contributed by atoms with van der Waals surface area (Å²) in [4.78, 5) is 17.3. The molecule has 13 heteroatoms. The topological polar surface area (TPSA) is 94.6 Å². The van der Waals surface area contributed by atoms with Gasteiger partial charge in [-0.05, 0) is 47.9 Å². The minimum atomic E-state index is -4.54.